The summed E-state index contributed by atoms with van der Waals surface area (Å²) in [4.78, 5) is 15.4. The number of rotatable bonds is 5. The monoisotopic (exact) mass is 706 g/mol. The van der Waals surface area contributed by atoms with Crippen molar-refractivity contribution in [2.75, 3.05) is 0 Å². The van der Waals surface area contributed by atoms with Gasteiger partial charge in [0.05, 0.1) is 11.0 Å². The summed E-state index contributed by atoms with van der Waals surface area (Å²) in [6.45, 7) is 0. The molecule has 3 heterocycles. The Morgan fingerprint density at radius 2 is 1.00 bits per heavy atom. The molecule has 3 aromatic heterocycles. The zero-order valence-corrected chi connectivity index (χ0v) is 29.8. The molecule has 0 aliphatic carbocycles. The summed E-state index contributed by atoms with van der Waals surface area (Å²) in [5.41, 5.74) is 8.60. The van der Waals surface area contributed by atoms with Crippen LogP contribution in [0.5, 0.6) is 0 Å². The van der Waals surface area contributed by atoms with Crippen LogP contribution in [0, 0.1) is 0 Å². The minimum Gasteiger partial charge on any atom is -0.309 e. The van der Waals surface area contributed by atoms with Gasteiger partial charge in [-0.3, -0.25) is 0 Å². The van der Waals surface area contributed by atoms with Crippen LogP contribution in [0.3, 0.4) is 0 Å². The van der Waals surface area contributed by atoms with Gasteiger partial charge >= 0.3 is 0 Å². The number of aromatic nitrogens is 4. The van der Waals surface area contributed by atoms with Gasteiger partial charge in [-0.1, -0.05) is 140 Å². The number of fused-ring (bicyclic) bond motifs is 8. The van der Waals surface area contributed by atoms with Gasteiger partial charge in [0.15, 0.2) is 17.5 Å². The second-order valence-electron chi connectivity index (χ2n) is 13.6. The van der Waals surface area contributed by atoms with Crippen molar-refractivity contribution in [3.05, 3.63) is 182 Å². The molecule has 252 valence electrons. The molecule has 0 N–H and O–H groups in total. The van der Waals surface area contributed by atoms with Crippen molar-refractivity contribution in [3.63, 3.8) is 0 Å². The summed E-state index contributed by atoms with van der Waals surface area (Å²) in [5, 5.41) is 7.44. The molecule has 8 aromatic carbocycles. The first-order chi connectivity index (χ1) is 26.8. The van der Waals surface area contributed by atoms with E-state index in [0.717, 1.165) is 33.5 Å². The van der Waals surface area contributed by atoms with E-state index in [4.69, 9.17) is 15.0 Å². The highest BCUT2D eigenvalue weighted by atomic mass is 32.1. The molecule has 0 saturated heterocycles. The predicted octanol–water partition coefficient (Wildman–Crippen LogP) is 13.2. The number of hydrogen-bond acceptors (Lipinski definition) is 4. The largest absolute Gasteiger partial charge is 0.309 e. The molecule has 0 aliphatic heterocycles. The van der Waals surface area contributed by atoms with Crippen LogP contribution in [-0.4, -0.2) is 19.5 Å². The summed E-state index contributed by atoms with van der Waals surface area (Å²) >= 11 is 1.80. The van der Waals surface area contributed by atoms with Gasteiger partial charge in [0.1, 0.15) is 0 Å². The normalized spacial score (nSPS) is 11.7. The Labute approximate surface area is 315 Å². The quantitative estimate of drug-likeness (QED) is 0.179. The first-order valence-corrected chi connectivity index (χ1v) is 18.9. The highest BCUT2D eigenvalue weighted by Crippen LogP contribution is 2.41. The molecule has 54 heavy (non-hydrogen) atoms. The highest BCUT2D eigenvalue weighted by molar-refractivity contribution is 7.25. The maximum absolute atomic E-state index is 5.20. The smallest absolute Gasteiger partial charge is 0.164 e. The van der Waals surface area contributed by atoms with Gasteiger partial charge in [-0.15, -0.1) is 11.3 Å². The first kappa shape index (κ1) is 30.7. The molecule has 0 bridgehead atoms. The summed E-state index contributed by atoms with van der Waals surface area (Å²) in [5.74, 6) is 1.96. The van der Waals surface area contributed by atoms with Gasteiger partial charge in [-0.2, -0.15) is 0 Å². The second-order valence-corrected chi connectivity index (χ2v) is 14.7. The van der Waals surface area contributed by atoms with E-state index in [1.807, 2.05) is 18.2 Å². The van der Waals surface area contributed by atoms with Crippen LogP contribution in [0.2, 0.25) is 0 Å². The Hall–Kier alpha value is -6.95. The fourth-order valence-corrected chi connectivity index (χ4v) is 9.11. The van der Waals surface area contributed by atoms with Gasteiger partial charge in [-0.25, -0.2) is 15.0 Å². The van der Waals surface area contributed by atoms with Crippen molar-refractivity contribution in [2.45, 2.75) is 0 Å². The third-order valence-corrected chi connectivity index (χ3v) is 11.6. The standard InChI is InChI=1S/C49H30N4S/c1-2-14-32(15-3-1)47-50-48(52-49(51-47)40-23-12-26-44-46(40)39-22-7-9-25-43(39)54-44)35-18-10-16-33(29-35)34-17-11-19-36(30-34)53-41-24-8-6-21-38(41)45-37-20-5-4-13-31(37)27-28-42(45)53/h1-30H. The third-order valence-electron chi connectivity index (χ3n) is 10.4. The Morgan fingerprint density at radius 3 is 1.89 bits per heavy atom. The predicted molar refractivity (Wildman–Crippen MR) is 226 cm³/mol. The van der Waals surface area contributed by atoms with Crippen molar-refractivity contribution in [1.82, 2.24) is 19.5 Å². The van der Waals surface area contributed by atoms with Crippen LogP contribution in [0.15, 0.2) is 182 Å². The minimum atomic E-state index is 0.641. The zero-order chi connectivity index (χ0) is 35.6. The molecule has 0 fully saturated rings. The Kier molecular flexibility index (Phi) is 7.00. The number of thiophene rings is 1. The van der Waals surface area contributed by atoms with E-state index in [2.05, 4.69) is 168 Å². The lowest BCUT2D eigenvalue weighted by atomic mass is 10.0. The molecule has 0 saturated carbocycles. The molecule has 4 nitrogen and oxygen atoms in total. The van der Waals surface area contributed by atoms with E-state index in [1.165, 1.54) is 52.8 Å². The Balaban J connectivity index is 1.07. The number of para-hydroxylation sites is 1. The topological polar surface area (TPSA) is 43.6 Å². The van der Waals surface area contributed by atoms with Gasteiger partial charge in [0, 0.05) is 53.3 Å². The van der Waals surface area contributed by atoms with Crippen LogP contribution in [0.1, 0.15) is 0 Å². The lowest BCUT2D eigenvalue weighted by molar-refractivity contribution is 1.08. The summed E-state index contributed by atoms with van der Waals surface area (Å²) in [6, 6.07) is 64.4. The van der Waals surface area contributed by atoms with Crippen LogP contribution in [0.25, 0.3) is 104 Å². The Bertz CT molecular complexity index is 3230. The van der Waals surface area contributed by atoms with Crippen LogP contribution >= 0.6 is 11.3 Å². The minimum absolute atomic E-state index is 0.641. The molecule has 0 unspecified atom stereocenters. The fourth-order valence-electron chi connectivity index (χ4n) is 7.98. The first-order valence-electron chi connectivity index (χ1n) is 18.1. The average molecular weight is 707 g/mol. The summed E-state index contributed by atoms with van der Waals surface area (Å²) < 4.78 is 4.86. The van der Waals surface area contributed by atoms with Crippen molar-refractivity contribution >= 4 is 64.1 Å². The van der Waals surface area contributed by atoms with Gasteiger partial charge < -0.3 is 4.57 Å². The van der Waals surface area contributed by atoms with Gasteiger partial charge in [-0.05, 0) is 64.4 Å². The lowest BCUT2D eigenvalue weighted by Crippen LogP contribution is -2.00. The van der Waals surface area contributed by atoms with E-state index in [1.54, 1.807) is 11.3 Å². The van der Waals surface area contributed by atoms with Crippen LogP contribution in [0.4, 0.5) is 0 Å². The van der Waals surface area contributed by atoms with Crippen molar-refractivity contribution in [1.29, 1.82) is 0 Å². The lowest BCUT2D eigenvalue weighted by Gasteiger charge is -2.12. The van der Waals surface area contributed by atoms with E-state index >= 15 is 0 Å². The summed E-state index contributed by atoms with van der Waals surface area (Å²) in [6.07, 6.45) is 0. The summed E-state index contributed by atoms with van der Waals surface area (Å²) in [7, 11) is 0. The highest BCUT2D eigenvalue weighted by Gasteiger charge is 2.18. The fraction of sp³-hybridized carbons (Fsp3) is 0. The zero-order valence-electron chi connectivity index (χ0n) is 29.0. The maximum Gasteiger partial charge on any atom is 0.164 e. The van der Waals surface area contributed by atoms with Crippen molar-refractivity contribution < 1.29 is 0 Å². The second kappa shape index (κ2) is 12.3. The number of hydrogen-bond donors (Lipinski definition) is 0. The van der Waals surface area contributed by atoms with Crippen molar-refractivity contribution in [3.8, 4) is 51.0 Å². The SMILES string of the molecule is c1ccc(-c2nc(-c3cccc(-c4cccc(-n5c6ccccc6c6c7ccccc7ccc65)c4)c3)nc(-c3cccc4sc5ccccc5c34)n2)cc1. The molecular weight excluding hydrogens is 677 g/mol. The van der Waals surface area contributed by atoms with E-state index in [-0.39, 0.29) is 0 Å². The van der Waals surface area contributed by atoms with Crippen LogP contribution in [-0.2, 0) is 0 Å². The molecule has 5 heteroatoms. The van der Waals surface area contributed by atoms with Gasteiger partial charge in [0.2, 0.25) is 0 Å². The van der Waals surface area contributed by atoms with E-state index in [0.29, 0.717) is 17.5 Å². The van der Waals surface area contributed by atoms with E-state index < -0.39 is 0 Å². The van der Waals surface area contributed by atoms with Crippen LogP contribution < -0.4 is 0 Å². The molecule has 0 spiro atoms. The average Bonchev–Trinajstić information content (AvgIpc) is 3.80. The molecule has 11 aromatic rings. The van der Waals surface area contributed by atoms with Crippen molar-refractivity contribution in [2.24, 2.45) is 0 Å². The maximum atomic E-state index is 5.20. The molecular formula is C49H30N4S. The molecule has 11 rings (SSSR count). The molecule has 0 atom stereocenters. The van der Waals surface area contributed by atoms with E-state index in [9.17, 15) is 0 Å². The third kappa shape index (κ3) is 4.94. The molecule has 0 aliphatic rings. The van der Waals surface area contributed by atoms with Gasteiger partial charge in [0.25, 0.3) is 0 Å². The Morgan fingerprint density at radius 1 is 0.370 bits per heavy atom. The molecule has 0 amide bonds. The molecule has 0 radical (unpaired) electrons. The number of nitrogens with zero attached hydrogens (tertiary/aromatic N) is 4. The number of benzene rings is 8.